The predicted molar refractivity (Wildman–Crippen MR) is 101 cm³/mol. The summed E-state index contributed by atoms with van der Waals surface area (Å²) in [4.78, 5) is 22.0. The summed E-state index contributed by atoms with van der Waals surface area (Å²) in [5.74, 6) is 0. The van der Waals surface area contributed by atoms with E-state index in [9.17, 15) is 4.79 Å². The van der Waals surface area contributed by atoms with Gasteiger partial charge in [0.2, 0.25) is 0 Å². The van der Waals surface area contributed by atoms with Crippen LogP contribution in [0.1, 0.15) is 0 Å². The standard InChI is InChI=1S/C18H13ClN4OS/c1-25-18-21-16-15(20-11-22(16)13-5-3-2-4-6-13)17(24)23(18)14-9-7-12(19)8-10-14/h2-11H,1H3. The molecule has 0 aliphatic rings. The molecule has 0 unspecified atom stereocenters. The normalized spacial score (nSPS) is 11.1. The second-order valence-corrected chi connectivity index (χ2v) is 6.55. The minimum atomic E-state index is -0.202. The Morgan fingerprint density at radius 2 is 1.72 bits per heavy atom. The summed E-state index contributed by atoms with van der Waals surface area (Å²) < 4.78 is 3.38. The quantitative estimate of drug-likeness (QED) is 0.406. The fourth-order valence-electron chi connectivity index (χ4n) is 2.67. The molecule has 4 aromatic rings. The van der Waals surface area contributed by atoms with Crippen molar-refractivity contribution < 1.29 is 0 Å². The third kappa shape index (κ3) is 2.73. The van der Waals surface area contributed by atoms with E-state index < -0.39 is 0 Å². The van der Waals surface area contributed by atoms with Crippen LogP contribution in [0.15, 0.2) is 70.9 Å². The van der Waals surface area contributed by atoms with Crippen molar-refractivity contribution in [1.29, 1.82) is 0 Å². The number of fused-ring (bicyclic) bond motifs is 1. The zero-order valence-electron chi connectivity index (χ0n) is 13.3. The SMILES string of the molecule is CSc1nc2c(ncn2-c2ccccc2)c(=O)n1-c1ccc(Cl)cc1. The Balaban J connectivity index is 2.00. The van der Waals surface area contributed by atoms with E-state index in [0.29, 0.717) is 27.0 Å². The topological polar surface area (TPSA) is 52.7 Å². The zero-order chi connectivity index (χ0) is 17.4. The summed E-state index contributed by atoms with van der Waals surface area (Å²) in [5, 5.41) is 1.21. The van der Waals surface area contributed by atoms with Crippen molar-refractivity contribution in [2.45, 2.75) is 5.16 Å². The largest absolute Gasteiger partial charge is 0.286 e. The Labute approximate surface area is 152 Å². The summed E-state index contributed by atoms with van der Waals surface area (Å²) >= 11 is 7.36. The molecule has 0 saturated heterocycles. The molecule has 0 spiro atoms. The van der Waals surface area contributed by atoms with Crippen LogP contribution >= 0.6 is 23.4 Å². The van der Waals surface area contributed by atoms with Crippen LogP contribution in [-0.2, 0) is 0 Å². The maximum Gasteiger partial charge on any atom is 0.286 e. The van der Waals surface area contributed by atoms with E-state index in [1.807, 2.05) is 41.2 Å². The third-order valence-corrected chi connectivity index (χ3v) is 4.73. The van der Waals surface area contributed by atoms with Crippen molar-refractivity contribution in [3.63, 3.8) is 0 Å². The number of rotatable bonds is 3. The Kier molecular flexibility index (Phi) is 4.07. The first-order chi connectivity index (χ1) is 12.2. The molecular weight excluding hydrogens is 356 g/mol. The van der Waals surface area contributed by atoms with Gasteiger partial charge in [-0.05, 0) is 42.7 Å². The summed E-state index contributed by atoms with van der Waals surface area (Å²) in [6, 6.07) is 16.8. The summed E-state index contributed by atoms with van der Waals surface area (Å²) in [7, 11) is 0. The van der Waals surface area contributed by atoms with Gasteiger partial charge in [0, 0.05) is 10.7 Å². The van der Waals surface area contributed by atoms with Crippen LogP contribution in [0.5, 0.6) is 0 Å². The van der Waals surface area contributed by atoms with Crippen molar-refractivity contribution in [2.75, 3.05) is 6.26 Å². The molecule has 0 saturated carbocycles. The smallest absolute Gasteiger partial charge is 0.283 e. The van der Waals surface area contributed by atoms with Gasteiger partial charge in [-0.2, -0.15) is 0 Å². The van der Waals surface area contributed by atoms with Gasteiger partial charge in [0.25, 0.3) is 5.56 Å². The van der Waals surface area contributed by atoms with Gasteiger partial charge in [-0.1, -0.05) is 41.6 Å². The molecule has 5 nitrogen and oxygen atoms in total. The first-order valence-electron chi connectivity index (χ1n) is 7.54. The van der Waals surface area contributed by atoms with E-state index in [1.165, 1.54) is 11.8 Å². The van der Waals surface area contributed by atoms with E-state index in [-0.39, 0.29) is 5.56 Å². The van der Waals surface area contributed by atoms with Crippen molar-refractivity contribution in [3.8, 4) is 11.4 Å². The minimum absolute atomic E-state index is 0.202. The number of hydrogen-bond donors (Lipinski definition) is 0. The second kappa shape index (κ2) is 6.38. The molecule has 0 amide bonds. The van der Waals surface area contributed by atoms with Gasteiger partial charge in [0.1, 0.15) is 6.33 Å². The van der Waals surface area contributed by atoms with E-state index in [1.54, 1.807) is 35.2 Å². The molecule has 0 aliphatic heterocycles. The summed E-state index contributed by atoms with van der Waals surface area (Å²) in [5.41, 5.74) is 2.30. The Morgan fingerprint density at radius 1 is 1.00 bits per heavy atom. The maximum atomic E-state index is 13.0. The molecule has 4 rings (SSSR count). The van der Waals surface area contributed by atoms with E-state index in [0.717, 1.165) is 5.69 Å². The molecule has 124 valence electrons. The van der Waals surface area contributed by atoms with Gasteiger partial charge >= 0.3 is 0 Å². The van der Waals surface area contributed by atoms with Crippen LogP contribution in [0.25, 0.3) is 22.5 Å². The monoisotopic (exact) mass is 368 g/mol. The van der Waals surface area contributed by atoms with Gasteiger partial charge in [0.15, 0.2) is 16.3 Å². The number of aromatic nitrogens is 4. The molecule has 2 heterocycles. The lowest BCUT2D eigenvalue weighted by molar-refractivity contribution is 0.813. The molecule has 0 atom stereocenters. The lowest BCUT2D eigenvalue weighted by atomic mass is 10.3. The molecule has 25 heavy (non-hydrogen) atoms. The predicted octanol–water partition coefficient (Wildman–Crippen LogP) is 3.95. The zero-order valence-corrected chi connectivity index (χ0v) is 14.8. The van der Waals surface area contributed by atoms with Gasteiger partial charge < -0.3 is 0 Å². The van der Waals surface area contributed by atoms with E-state index in [2.05, 4.69) is 9.97 Å². The third-order valence-electron chi connectivity index (χ3n) is 3.84. The fraction of sp³-hybridized carbons (Fsp3) is 0.0556. The molecule has 0 bridgehead atoms. The van der Waals surface area contributed by atoms with Crippen LogP contribution in [0.3, 0.4) is 0 Å². The molecule has 0 fully saturated rings. The highest BCUT2D eigenvalue weighted by Crippen LogP contribution is 2.21. The van der Waals surface area contributed by atoms with Crippen molar-refractivity contribution in [2.24, 2.45) is 0 Å². The number of halogens is 1. The second-order valence-electron chi connectivity index (χ2n) is 5.34. The summed E-state index contributed by atoms with van der Waals surface area (Å²) in [6.07, 6.45) is 3.52. The maximum absolute atomic E-state index is 13.0. The highest BCUT2D eigenvalue weighted by atomic mass is 35.5. The number of hydrogen-bond acceptors (Lipinski definition) is 4. The Hall–Kier alpha value is -2.57. The van der Waals surface area contributed by atoms with Crippen LogP contribution in [0.2, 0.25) is 5.02 Å². The number of para-hydroxylation sites is 1. The molecule has 2 aromatic heterocycles. The Bertz CT molecular complexity index is 1100. The van der Waals surface area contributed by atoms with E-state index in [4.69, 9.17) is 11.6 Å². The van der Waals surface area contributed by atoms with Gasteiger partial charge in [-0.25, -0.2) is 9.97 Å². The molecule has 0 aliphatic carbocycles. The minimum Gasteiger partial charge on any atom is -0.283 e. The average molecular weight is 369 g/mol. The number of thioether (sulfide) groups is 1. The first kappa shape index (κ1) is 15.9. The molecule has 0 N–H and O–H groups in total. The molecule has 2 aromatic carbocycles. The van der Waals surface area contributed by atoms with Gasteiger partial charge in [0.05, 0.1) is 5.69 Å². The van der Waals surface area contributed by atoms with Crippen molar-refractivity contribution >= 4 is 34.5 Å². The molecule has 7 heteroatoms. The van der Waals surface area contributed by atoms with Crippen LogP contribution in [0, 0.1) is 0 Å². The number of benzene rings is 2. The number of nitrogens with zero attached hydrogens (tertiary/aromatic N) is 4. The van der Waals surface area contributed by atoms with Crippen LogP contribution < -0.4 is 5.56 Å². The van der Waals surface area contributed by atoms with Crippen LogP contribution in [0.4, 0.5) is 0 Å². The van der Waals surface area contributed by atoms with Crippen LogP contribution in [-0.4, -0.2) is 25.4 Å². The summed E-state index contributed by atoms with van der Waals surface area (Å²) in [6.45, 7) is 0. The Morgan fingerprint density at radius 3 is 2.40 bits per heavy atom. The van der Waals surface area contributed by atoms with Crippen molar-refractivity contribution in [1.82, 2.24) is 19.1 Å². The van der Waals surface area contributed by atoms with Crippen molar-refractivity contribution in [3.05, 3.63) is 76.3 Å². The average Bonchev–Trinajstić information content (AvgIpc) is 3.07. The van der Waals surface area contributed by atoms with E-state index >= 15 is 0 Å². The molecular formula is C18H13ClN4OS. The highest BCUT2D eigenvalue weighted by molar-refractivity contribution is 7.98. The highest BCUT2D eigenvalue weighted by Gasteiger charge is 2.17. The lowest BCUT2D eigenvalue weighted by Crippen LogP contribution is -2.22. The first-order valence-corrected chi connectivity index (χ1v) is 9.15. The fourth-order valence-corrected chi connectivity index (χ4v) is 3.34. The number of imidazole rings is 1. The van der Waals surface area contributed by atoms with Gasteiger partial charge in [-0.15, -0.1) is 0 Å². The lowest BCUT2D eigenvalue weighted by Gasteiger charge is -2.11. The van der Waals surface area contributed by atoms with Gasteiger partial charge in [-0.3, -0.25) is 13.9 Å². The molecule has 0 radical (unpaired) electrons.